The third-order valence-corrected chi connectivity index (χ3v) is 3.15. The van der Waals surface area contributed by atoms with Gasteiger partial charge in [-0.2, -0.15) is 0 Å². The molecule has 0 radical (unpaired) electrons. The molecule has 0 bridgehead atoms. The number of carbonyl (C=O) groups is 1. The van der Waals surface area contributed by atoms with Gasteiger partial charge < -0.3 is 14.9 Å². The average Bonchev–Trinajstić information content (AvgIpc) is 2.39. The number of ether oxygens (including phenoxy) is 1. The molecule has 2 N–H and O–H groups in total. The molecule has 1 rings (SSSR count). The van der Waals surface area contributed by atoms with E-state index in [0.29, 0.717) is 6.42 Å². The molecule has 18 heavy (non-hydrogen) atoms. The molecule has 0 aliphatic rings. The van der Waals surface area contributed by atoms with Gasteiger partial charge in [-0.1, -0.05) is 19.1 Å². The lowest BCUT2D eigenvalue weighted by atomic mass is 9.91. The maximum Gasteiger partial charge on any atom is 0.332 e. The minimum Gasteiger partial charge on any atom is -0.497 e. The highest BCUT2D eigenvalue weighted by Crippen LogP contribution is 2.27. The van der Waals surface area contributed by atoms with Crippen molar-refractivity contribution in [2.75, 3.05) is 7.11 Å². The van der Waals surface area contributed by atoms with Gasteiger partial charge in [-0.25, -0.2) is 4.79 Å². The van der Waals surface area contributed by atoms with Crippen molar-refractivity contribution >= 4 is 5.97 Å². The number of rotatable bonds is 7. The fraction of sp³-hybridized carbons (Fsp3) is 0.500. The number of carboxylic acids is 1. The SMILES string of the molecule is CCC(CC[C@@H](O)C(=O)O)c1ccc(OC)cc1. The van der Waals surface area contributed by atoms with Gasteiger partial charge in [0, 0.05) is 0 Å². The molecular formula is C14H20O4. The van der Waals surface area contributed by atoms with Crippen LogP contribution in [-0.4, -0.2) is 29.4 Å². The molecule has 1 unspecified atom stereocenters. The molecule has 0 saturated carbocycles. The monoisotopic (exact) mass is 252 g/mol. The van der Waals surface area contributed by atoms with Crippen LogP contribution in [0.5, 0.6) is 5.75 Å². The van der Waals surface area contributed by atoms with E-state index >= 15 is 0 Å². The zero-order valence-corrected chi connectivity index (χ0v) is 10.8. The summed E-state index contributed by atoms with van der Waals surface area (Å²) in [4.78, 5) is 10.6. The van der Waals surface area contributed by atoms with E-state index in [-0.39, 0.29) is 12.3 Å². The van der Waals surface area contributed by atoms with Crippen LogP contribution in [0.15, 0.2) is 24.3 Å². The van der Waals surface area contributed by atoms with Gasteiger partial charge in [-0.05, 0) is 42.9 Å². The van der Waals surface area contributed by atoms with Crippen molar-refractivity contribution in [3.8, 4) is 5.75 Å². The van der Waals surface area contributed by atoms with Crippen LogP contribution >= 0.6 is 0 Å². The third kappa shape index (κ3) is 4.04. The van der Waals surface area contributed by atoms with E-state index in [2.05, 4.69) is 6.92 Å². The summed E-state index contributed by atoms with van der Waals surface area (Å²) < 4.78 is 5.09. The topological polar surface area (TPSA) is 66.8 Å². The Morgan fingerprint density at radius 2 is 1.89 bits per heavy atom. The van der Waals surface area contributed by atoms with Crippen LogP contribution in [0.4, 0.5) is 0 Å². The third-order valence-electron chi connectivity index (χ3n) is 3.15. The summed E-state index contributed by atoms with van der Waals surface area (Å²) in [5, 5.41) is 17.9. The van der Waals surface area contributed by atoms with Crippen LogP contribution in [0.1, 0.15) is 37.7 Å². The Kier molecular flexibility index (Phi) is 5.65. The number of hydrogen-bond acceptors (Lipinski definition) is 3. The second-order valence-corrected chi connectivity index (χ2v) is 4.31. The van der Waals surface area contributed by atoms with Crippen molar-refractivity contribution in [2.45, 2.75) is 38.2 Å². The molecular weight excluding hydrogens is 232 g/mol. The maximum absolute atomic E-state index is 10.6. The summed E-state index contributed by atoms with van der Waals surface area (Å²) in [7, 11) is 1.62. The summed E-state index contributed by atoms with van der Waals surface area (Å²) in [5.41, 5.74) is 1.15. The largest absolute Gasteiger partial charge is 0.497 e. The van der Waals surface area contributed by atoms with Crippen molar-refractivity contribution in [1.82, 2.24) is 0 Å². The summed E-state index contributed by atoms with van der Waals surface area (Å²) in [6, 6.07) is 7.76. The molecule has 100 valence electrons. The van der Waals surface area contributed by atoms with Gasteiger partial charge in [-0.3, -0.25) is 0 Å². The first kappa shape index (κ1) is 14.5. The Balaban J connectivity index is 2.62. The van der Waals surface area contributed by atoms with E-state index < -0.39 is 12.1 Å². The van der Waals surface area contributed by atoms with E-state index in [0.717, 1.165) is 17.7 Å². The van der Waals surface area contributed by atoms with E-state index in [9.17, 15) is 9.90 Å². The van der Waals surface area contributed by atoms with Crippen molar-refractivity contribution in [3.63, 3.8) is 0 Å². The average molecular weight is 252 g/mol. The number of benzene rings is 1. The van der Waals surface area contributed by atoms with Crippen LogP contribution in [-0.2, 0) is 4.79 Å². The Bertz CT molecular complexity index is 372. The van der Waals surface area contributed by atoms with Crippen LogP contribution in [0.3, 0.4) is 0 Å². The van der Waals surface area contributed by atoms with Crippen molar-refractivity contribution in [3.05, 3.63) is 29.8 Å². The lowest BCUT2D eigenvalue weighted by molar-refractivity contribution is -0.147. The standard InChI is InChI=1S/C14H20O4/c1-3-10(6-9-13(15)14(16)17)11-4-7-12(18-2)8-5-11/h4-5,7-8,10,13,15H,3,6,9H2,1-2H3,(H,16,17)/t10?,13-/m1/s1. The van der Waals surface area contributed by atoms with Gasteiger partial charge in [0.25, 0.3) is 0 Å². The maximum atomic E-state index is 10.6. The zero-order chi connectivity index (χ0) is 13.5. The van der Waals surface area contributed by atoms with Crippen molar-refractivity contribution in [2.24, 2.45) is 0 Å². The smallest absolute Gasteiger partial charge is 0.332 e. The molecule has 0 fully saturated rings. The summed E-state index contributed by atoms with van der Waals surface area (Å²) in [5.74, 6) is -0.0799. The minimum atomic E-state index is -1.27. The lowest BCUT2D eigenvalue weighted by Crippen LogP contribution is -2.20. The summed E-state index contributed by atoms with van der Waals surface area (Å²) >= 11 is 0. The predicted octanol–water partition coefficient (Wildman–Crippen LogP) is 2.41. The molecule has 0 heterocycles. The Morgan fingerprint density at radius 1 is 1.28 bits per heavy atom. The fourth-order valence-electron chi connectivity index (χ4n) is 1.97. The number of carboxylic acid groups (broad SMARTS) is 1. The molecule has 0 aromatic heterocycles. The number of methoxy groups -OCH3 is 1. The van der Waals surface area contributed by atoms with Crippen LogP contribution in [0, 0.1) is 0 Å². The Morgan fingerprint density at radius 3 is 2.33 bits per heavy atom. The normalized spacial score (nSPS) is 13.9. The molecule has 1 aromatic rings. The molecule has 1 aromatic carbocycles. The molecule has 4 heteroatoms. The van der Waals surface area contributed by atoms with Crippen LogP contribution in [0.2, 0.25) is 0 Å². The number of hydrogen-bond donors (Lipinski definition) is 2. The van der Waals surface area contributed by atoms with Gasteiger partial charge in [0.05, 0.1) is 7.11 Å². The number of aliphatic hydroxyl groups excluding tert-OH is 1. The van der Waals surface area contributed by atoms with E-state index in [1.807, 2.05) is 24.3 Å². The molecule has 2 atom stereocenters. The predicted molar refractivity (Wildman–Crippen MR) is 68.9 cm³/mol. The van der Waals surface area contributed by atoms with Gasteiger partial charge in [-0.15, -0.1) is 0 Å². The van der Waals surface area contributed by atoms with Gasteiger partial charge in [0.1, 0.15) is 5.75 Å². The minimum absolute atomic E-state index is 0.268. The van der Waals surface area contributed by atoms with E-state index in [4.69, 9.17) is 9.84 Å². The van der Waals surface area contributed by atoms with Crippen molar-refractivity contribution in [1.29, 1.82) is 0 Å². The molecule has 0 aliphatic heterocycles. The number of aliphatic carboxylic acids is 1. The highest BCUT2D eigenvalue weighted by Gasteiger charge is 2.16. The molecule has 0 aliphatic carbocycles. The Hall–Kier alpha value is -1.55. The first-order valence-electron chi connectivity index (χ1n) is 6.13. The zero-order valence-electron chi connectivity index (χ0n) is 10.8. The Labute approximate surface area is 107 Å². The van der Waals surface area contributed by atoms with Gasteiger partial charge >= 0.3 is 5.97 Å². The van der Waals surface area contributed by atoms with Gasteiger partial charge in [0.15, 0.2) is 6.10 Å². The lowest BCUT2D eigenvalue weighted by Gasteiger charge is -2.16. The first-order valence-corrected chi connectivity index (χ1v) is 6.13. The quantitative estimate of drug-likeness (QED) is 0.782. The van der Waals surface area contributed by atoms with Crippen molar-refractivity contribution < 1.29 is 19.7 Å². The molecule has 0 spiro atoms. The highest BCUT2D eigenvalue weighted by atomic mass is 16.5. The molecule has 0 saturated heterocycles. The highest BCUT2D eigenvalue weighted by molar-refractivity contribution is 5.71. The van der Waals surface area contributed by atoms with E-state index in [1.165, 1.54) is 0 Å². The number of aliphatic hydroxyl groups is 1. The van der Waals surface area contributed by atoms with Crippen LogP contribution in [0.25, 0.3) is 0 Å². The van der Waals surface area contributed by atoms with Gasteiger partial charge in [0.2, 0.25) is 0 Å². The molecule has 0 amide bonds. The summed E-state index contributed by atoms with van der Waals surface area (Å²) in [6.07, 6.45) is 0.590. The second kappa shape index (κ2) is 7.01. The van der Waals surface area contributed by atoms with E-state index in [1.54, 1.807) is 7.11 Å². The fourth-order valence-corrected chi connectivity index (χ4v) is 1.97. The first-order chi connectivity index (χ1) is 8.58. The second-order valence-electron chi connectivity index (χ2n) is 4.31. The molecule has 4 nitrogen and oxygen atoms in total. The summed E-state index contributed by atoms with van der Waals surface area (Å²) in [6.45, 7) is 2.06. The van der Waals surface area contributed by atoms with Crippen LogP contribution < -0.4 is 4.74 Å².